The van der Waals surface area contributed by atoms with E-state index in [1.807, 2.05) is 0 Å². The molecule has 1 aliphatic rings. The minimum absolute atomic E-state index is 0.393. The highest BCUT2D eigenvalue weighted by molar-refractivity contribution is 4.86. The molecular formula is C12H25N. The maximum atomic E-state index is 2.39. The minimum Gasteiger partial charge on any atom is -0.304 e. The van der Waals surface area contributed by atoms with Gasteiger partial charge in [-0.15, -0.1) is 0 Å². The zero-order valence-electron chi connectivity index (χ0n) is 9.77. The fourth-order valence-electron chi connectivity index (χ4n) is 2.35. The highest BCUT2D eigenvalue weighted by Crippen LogP contribution is 2.33. The smallest absolute Gasteiger partial charge is 0.0175 e. The number of hydrogen-bond donors (Lipinski definition) is 0. The summed E-state index contributed by atoms with van der Waals surface area (Å²) in [5, 5.41) is 0. The Morgan fingerprint density at radius 3 is 1.77 bits per heavy atom. The largest absolute Gasteiger partial charge is 0.304 e. The SMILES string of the molecule is CN(C)C(C)(C)C1CCCCCC1. The first-order valence-corrected chi connectivity index (χ1v) is 5.72. The number of hydrogen-bond acceptors (Lipinski definition) is 1. The van der Waals surface area contributed by atoms with Gasteiger partial charge in [0.15, 0.2) is 0 Å². The normalized spacial score (nSPS) is 21.9. The Kier molecular flexibility index (Phi) is 3.78. The summed E-state index contributed by atoms with van der Waals surface area (Å²) < 4.78 is 0. The third-order valence-electron chi connectivity index (χ3n) is 4.01. The second-order valence-corrected chi connectivity index (χ2v) is 5.24. The van der Waals surface area contributed by atoms with Gasteiger partial charge in [0.05, 0.1) is 0 Å². The Hall–Kier alpha value is -0.0400. The Balaban J connectivity index is 2.57. The molecule has 0 aliphatic heterocycles. The van der Waals surface area contributed by atoms with Gasteiger partial charge in [-0.25, -0.2) is 0 Å². The van der Waals surface area contributed by atoms with E-state index in [2.05, 4.69) is 32.8 Å². The average Bonchev–Trinajstić information content (AvgIpc) is 2.31. The predicted molar refractivity (Wildman–Crippen MR) is 59.0 cm³/mol. The van der Waals surface area contributed by atoms with Gasteiger partial charge in [0.1, 0.15) is 0 Å². The van der Waals surface area contributed by atoms with Crippen LogP contribution in [0.15, 0.2) is 0 Å². The van der Waals surface area contributed by atoms with Crippen LogP contribution in [0.25, 0.3) is 0 Å². The van der Waals surface area contributed by atoms with Gasteiger partial charge in [-0.2, -0.15) is 0 Å². The van der Waals surface area contributed by atoms with Crippen LogP contribution in [0.2, 0.25) is 0 Å². The Labute approximate surface area is 83.5 Å². The monoisotopic (exact) mass is 183 g/mol. The van der Waals surface area contributed by atoms with Crippen molar-refractivity contribution in [2.45, 2.75) is 57.9 Å². The van der Waals surface area contributed by atoms with Crippen molar-refractivity contribution in [3.05, 3.63) is 0 Å². The molecule has 1 rings (SSSR count). The zero-order valence-corrected chi connectivity index (χ0v) is 9.77. The molecule has 0 N–H and O–H groups in total. The maximum absolute atomic E-state index is 2.39. The fraction of sp³-hybridized carbons (Fsp3) is 1.00. The van der Waals surface area contributed by atoms with Gasteiger partial charge in [-0.05, 0) is 46.7 Å². The molecule has 0 spiro atoms. The van der Waals surface area contributed by atoms with Gasteiger partial charge in [-0.1, -0.05) is 25.7 Å². The van der Waals surface area contributed by atoms with E-state index in [0.717, 1.165) is 5.92 Å². The molecule has 1 heteroatoms. The van der Waals surface area contributed by atoms with E-state index in [1.54, 1.807) is 0 Å². The van der Waals surface area contributed by atoms with Crippen LogP contribution in [0.3, 0.4) is 0 Å². The molecule has 1 nitrogen and oxygen atoms in total. The van der Waals surface area contributed by atoms with Gasteiger partial charge in [0.25, 0.3) is 0 Å². The molecule has 1 saturated carbocycles. The molecule has 0 aromatic carbocycles. The van der Waals surface area contributed by atoms with Crippen LogP contribution in [-0.2, 0) is 0 Å². The summed E-state index contributed by atoms with van der Waals surface area (Å²) in [5.41, 5.74) is 0.393. The first-order valence-electron chi connectivity index (χ1n) is 5.72. The molecule has 0 bridgehead atoms. The van der Waals surface area contributed by atoms with Crippen molar-refractivity contribution in [2.24, 2.45) is 5.92 Å². The van der Waals surface area contributed by atoms with E-state index in [0.29, 0.717) is 5.54 Å². The third-order valence-corrected chi connectivity index (χ3v) is 4.01. The van der Waals surface area contributed by atoms with Gasteiger partial charge in [0.2, 0.25) is 0 Å². The van der Waals surface area contributed by atoms with Gasteiger partial charge < -0.3 is 4.90 Å². The molecule has 0 radical (unpaired) electrons. The first-order chi connectivity index (χ1) is 6.05. The summed E-state index contributed by atoms with van der Waals surface area (Å²) in [6.07, 6.45) is 8.68. The second kappa shape index (κ2) is 4.45. The molecule has 0 saturated heterocycles. The van der Waals surface area contributed by atoms with Crippen molar-refractivity contribution in [3.63, 3.8) is 0 Å². The molecular weight excluding hydrogens is 158 g/mol. The zero-order chi connectivity index (χ0) is 9.90. The van der Waals surface area contributed by atoms with Gasteiger partial charge in [-0.3, -0.25) is 0 Å². The molecule has 1 fully saturated rings. The summed E-state index contributed by atoms with van der Waals surface area (Å²) in [4.78, 5) is 2.39. The van der Waals surface area contributed by atoms with Crippen molar-refractivity contribution in [1.29, 1.82) is 0 Å². The lowest BCUT2D eigenvalue weighted by Crippen LogP contribution is -2.44. The third kappa shape index (κ3) is 2.70. The van der Waals surface area contributed by atoms with Crippen LogP contribution in [0.5, 0.6) is 0 Å². The molecule has 78 valence electrons. The molecule has 0 atom stereocenters. The van der Waals surface area contributed by atoms with Gasteiger partial charge >= 0.3 is 0 Å². The Morgan fingerprint density at radius 1 is 0.923 bits per heavy atom. The minimum atomic E-state index is 0.393. The highest BCUT2D eigenvalue weighted by Gasteiger charge is 2.31. The molecule has 1 aliphatic carbocycles. The van der Waals surface area contributed by atoms with E-state index in [9.17, 15) is 0 Å². The summed E-state index contributed by atoms with van der Waals surface area (Å²) in [6.45, 7) is 4.78. The Bertz CT molecular complexity index is 141. The second-order valence-electron chi connectivity index (χ2n) is 5.24. The lowest BCUT2D eigenvalue weighted by molar-refractivity contribution is 0.105. The summed E-state index contributed by atoms with van der Waals surface area (Å²) in [7, 11) is 4.43. The van der Waals surface area contributed by atoms with Crippen LogP contribution in [0, 0.1) is 5.92 Å². The molecule has 0 aromatic heterocycles. The number of nitrogens with zero attached hydrogens (tertiary/aromatic N) is 1. The molecule has 0 heterocycles. The lowest BCUT2D eigenvalue weighted by Gasteiger charge is -2.40. The lowest BCUT2D eigenvalue weighted by atomic mass is 9.81. The van der Waals surface area contributed by atoms with Crippen molar-refractivity contribution in [3.8, 4) is 0 Å². The van der Waals surface area contributed by atoms with E-state index in [4.69, 9.17) is 0 Å². The highest BCUT2D eigenvalue weighted by atomic mass is 15.1. The Morgan fingerprint density at radius 2 is 1.38 bits per heavy atom. The fourth-order valence-corrected chi connectivity index (χ4v) is 2.35. The van der Waals surface area contributed by atoms with Crippen molar-refractivity contribution in [2.75, 3.05) is 14.1 Å². The van der Waals surface area contributed by atoms with Gasteiger partial charge in [0, 0.05) is 5.54 Å². The molecule has 13 heavy (non-hydrogen) atoms. The first kappa shape index (κ1) is 11.0. The topological polar surface area (TPSA) is 3.24 Å². The van der Waals surface area contributed by atoms with Crippen LogP contribution in [0.4, 0.5) is 0 Å². The van der Waals surface area contributed by atoms with E-state index < -0.39 is 0 Å². The average molecular weight is 183 g/mol. The summed E-state index contributed by atoms with van der Waals surface area (Å²) in [6, 6.07) is 0. The van der Waals surface area contributed by atoms with Crippen LogP contribution < -0.4 is 0 Å². The van der Waals surface area contributed by atoms with Crippen molar-refractivity contribution in [1.82, 2.24) is 4.90 Å². The quantitative estimate of drug-likeness (QED) is 0.594. The molecule has 0 unspecified atom stereocenters. The van der Waals surface area contributed by atoms with Crippen molar-refractivity contribution < 1.29 is 0 Å². The predicted octanol–water partition coefficient (Wildman–Crippen LogP) is 3.30. The van der Waals surface area contributed by atoms with E-state index >= 15 is 0 Å². The van der Waals surface area contributed by atoms with Crippen LogP contribution in [-0.4, -0.2) is 24.5 Å². The molecule has 0 aromatic rings. The van der Waals surface area contributed by atoms with Crippen LogP contribution in [0.1, 0.15) is 52.4 Å². The van der Waals surface area contributed by atoms with E-state index in [-0.39, 0.29) is 0 Å². The standard InChI is InChI=1S/C12H25N/c1-12(2,13(3)4)11-9-7-5-6-8-10-11/h11H,5-10H2,1-4H3. The molecule has 0 amide bonds. The van der Waals surface area contributed by atoms with E-state index in [1.165, 1.54) is 38.5 Å². The summed E-state index contributed by atoms with van der Waals surface area (Å²) in [5.74, 6) is 0.907. The van der Waals surface area contributed by atoms with Crippen LogP contribution >= 0.6 is 0 Å². The maximum Gasteiger partial charge on any atom is 0.0175 e. The van der Waals surface area contributed by atoms with Crippen molar-refractivity contribution >= 4 is 0 Å². The number of rotatable bonds is 2. The summed E-state index contributed by atoms with van der Waals surface area (Å²) >= 11 is 0.